The lowest BCUT2D eigenvalue weighted by atomic mass is 9.98. The Labute approximate surface area is 133 Å². The third-order valence-electron chi connectivity index (χ3n) is 3.51. The highest BCUT2D eigenvalue weighted by molar-refractivity contribution is 5.73. The summed E-state index contributed by atoms with van der Waals surface area (Å²) in [7, 11) is 0. The average Bonchev–Trinajstić information content (AvgIpc) is 2.45. The van der Waals surface area contributed by atoms with Crippen LogP contribution in [0, 0.1) is 0 Å². The number of nitrogens with two attached hydrogens (primary N) is 2. The average molecular weight is 314 g/mol. The number of carboxylic acids is 2. The summed E-state index contributed by atoms with van der Waals surface area (Å²) >= 11 is 0. The lowest BCUT2D eigenvalue weighted by molar-refractivity contribution is -0.137. The van der Waals surface area contributed by atoms with E-state index >= 15 is 0 Å². The molecule has 0 saturated carbocycles. The van der Waals surface area contributed by atoms with Crippen LogP contribution >= 0.6 is 0 Å². The molecule has 0 amide bonds. The van der Waals surface area contributed by atoms with Gasteiger partial charge in [-0.15, -0.1) is 0 Å². The quantitative estimate of drug-likeness (QED) is 0.601. The molecular formula is C17H18N2O4. The minimum absolute atomic E-state index is 0.133. The first-order valence-electron chi connectivity index (χ1n) is 7.03. The van der Waals surface area contributed by atoms with Crippen LogP contribution in [-0.2, 0) is 28.9 Å². The van der Waals surface area contributed by atoms with Crippen molar-refractivity contribution in [1.82, 2.24) is 0 Å². The van der Waals surface area contributed by atoms with Crippen LogP contribution in [0.15, 0.2) is 36.4 Å². The second-order valence-corrected chi connectivity index (χ2v) is 5.38. The van der Waals surface area contributed by atoms with Crippen LogP contribution in [0.25, 0.3) is 0 Å². The van der Waals surface area contributed by atoms with Gasteiger partial charge in [-0.1, -0.05) is 24.3 Å². The minimum Gasteiger partial charge on any atom is -0.481 e. The Kier molecular flexibility index (Phi) is 4.85. The van der Waals surface area contributed by atoms with Gasteiger partial charge in [0.2, 0.25) is 0 Å². The predicted molar refractivity (Wildman–Crippen MR) is 87.2 cm³/mol. The lowest BCUT2D eigenvalue weighted by Gasteiger charge is -2.10. The Bertz CT molecular complexity index is 693. The van der Waals surface area contributed by atoms with Crippen LogP contribution in [0.4, 0.5) is 11.4 Å². The highest BCUT2D eigenvalue weighted by Crippen LogP contribution is 2.21. The van der Waals surface area contributed by atoms with Crippen LogP contribution < -0.4 is 11.5 Å². The molecule has 0 aliphatic carbocycles. The zero-order chi connectivity index (χ0) is 17.0. The van der Waals surface area contributed by atoms with E-state index in [0.717, 1.165) is 11.1 Å². The van der Waals surface area contributed by atoms with Gasteiger partial charge in [0.1, 0.15) is 0 Å². The summed E-state index contributed by atoms with van der Waals surface area (Å²) < 4.78 is 0. The summed E-state index contributed by atoms with van der Waals surface area (Å²) in [6.45, 7) is 0. The molecule has 0 saturated heterocycles. The number of anilines is 2. The molecule has 2 rings (SSSR count). The maximum absolute atomic E-state index is 10.9. The van der Waals surface area contributed by atoms with Crippen molar-refractivity contribution in [2.24, 2.45) is 0 Å². The van der Waals surface area contributed by atoms with Gasteiger partial charge in [0, 0.05) is 11.4 Å². The fourth-order valence-corrected chi connectivity index (χ4v) is 2.41. The van der Waals surface area contributed by atoms with Crippen molar-refractivity contribution < 1.29 is 19.8 Å². The van der Waals surface area contributed by atoms with Crippen LogP contribution in [0.5, 0.6) is 0 Å². The van der Waals surface area contributed by atoms with Crippen molar-refractivity contribution in [2.75, 3.05) is 11.5 Å². The van der Waals surface area contributed by atoms with E-state index < -0.39 is 11.9 Å². The number of hydrogen-bond acceptors (Lipinski definition) is 4. The van der Waals surface area contributed by atoms with Crippen LogP contribution in [-0.4, -0.2) is 22.2 Å². The Morgan fingerprint density at radius 2 is 1.17 bits per heavy atom. The lowest BCUT2D eigenvalue weighted by Crippen LogP contribution is -2.06. The van der Waals surface area contributed by atoms with Crippen molar-refractivity contribution in [3.63, 3.8) is 0 Å². The Hall–Kier alpha value is -3.02. The van der Waals surface area contributed by atoms with Crippen molar-refractivity contribution in [2.45, 2.75) is 19.3 Å². The second kappa shape index (κ2) is 6.83. The highest BCUT2D eigenvalue weighted by atomic mass is 16.4. The molecule has 6 heteroatoms. The zero-order valence-electron chi connectivity index (χ0n) is 12.5. The van der Waals surface area contributed by atoms with Gasteiger partial charge in [-0.2, -0.15) is 0 Å². The molecular weight excluding hydrogens is 296 g/mol. The SMILES string of the molecule is Nc1ccc(Cc2ccc(N)c(CC(=O)O)c2)cc1CC(=O)O. The minimum atomic E-state index is -0.940. The summed E-state index contributed by atoms with van der Waals surface area (Å²) in [6.07, 6.45) is 0.275. The van der Waals surface area contributed by atoms with Gasteiger partial charge in [-0.25, -0.2) is 0 Å². The van der Waals surface area contributed by atoms with E-state index in [1.807, 2.05) is 12.1 Å². The maximum Gasteiger partial charge on any atom is 0.307 e. The molecule has 0 aromatic heterocycles. The normalized spacial score (nSPS) is 10.4. The van der Waals surface area contributed by atoms with E-state index in [1.165, 1.54) is 0 Å². The van der Waals surface area contributed by atoms with Crippen LogP contribution in [0.3, 0.4) is 0 Å². The van der Waals surface area contributed by atoms with Crippen molar-refractivity contribution in [1.29, 1.82) is 0 Å². The molecule has 0 unspecified atom stereocenters. The summed E-state index contributed by atoms with van der Waals surface area (Å²) in [5, 5.41) is 17.8. The topological polar surface area (TPSA) is 127 Å². The molecule has 2 aromatic carbocycles. The van der Waals surface area contributed by atoms with Gasteiger partial charge in [0.05, 0.1) is 12.8 Å². The third kappa shape index (κ3) is 4.47. The largest absolute Gasteiger partial charge is 0.481 e. The Morgan fingerprint density at radius 3 is 1.52 bits per heavy atom. The van der Waals surface area contributed by atoms with E-state index in [9.17, 15) is 9.59 Å². The summed E-state index contributed by atoms with van der Waals surface area (Å²) in [5.74, 6) is -1.88. The highest BCUT2D eigenvalue weighted by Gasteiger charge is 2.09. The maximum atomic E-state index is 10.9. The van der Waals surface area contributed by atoms with E-state index in [4.69, 9.17) is 21.7 Å². The molecule has 2 aromatic rings. The van der Waals surface area contributed by atoms with Gasteiger partial charge >= 0.3 is 11.9 Å². The molecule has 0 aliphatic rings. The fourth-order valence-electron chi connectivity index (χ4n) is 2.41. The molecule has 0 spiro atoms. The second-order valence-electron chi connectivity index (χ2n) is 5.38. The predicted octanol–water partition coefficient (Wildman–Crippen LogP) is 1.70. The molecule has 6 nitrogen and oxygen atoms in total. The van der Waals surface area contributed by atoms with Crippen LogP contribution in [0.1, 0.15) is 22.3 Å². The molecule has 0 bridgehead atoms. The number of hydrogen-bond donors (Lipinski definition) is 4. The summed E-state index contributed by atoms with van der Waals surface area (Å²) in [4.78, 5) is 21.7. The number of carbonyl (C=O) groups is 2. The third-order valence-corrected chi connectivity index (χ3v) is 3.51. The molecule has 0 heterocycles. The molecule has 0 aliphatic heterocycles. The number of rotatable bonds is 6. The van der Waals surface area contributed by atoms with E-state index in [2.05, 4.69) is 0 Å². The molecule has 23 heavy (non-hydrogen) atoms. The number of nitrogen functional groups attached to an aromatic ring is 2. The molecule has 120 valence electrons. The molecule has 0 atom stereocenters. The fraction of sp³-hybridized carbons (Fsp3) is 0.176. The Morgan fingerprint density at radius 1 is 0.783 bits per heavy atom. The van der Waals surface area contributed by atoms with Gasteiger partial charge in [-0.3, -0.25) is 9.59 Å². The number of benzene rings is 2. The monoisotopic (exact) mass is 314 g/mol. The standard InChI is InChI=1S/C17H18N2O4/c18-14-3-1-10(6-12(14)8-16(20)21)5-11-2-4-15(19)13(7-11)9-17(22)23/h1-4,6-7H,5,8-9,18-19H2,(H,20,21)(H,22,23). The zero-order valence-corrected chi connectivity index (χ0v) is 12.5. The van der Waals surface area contributed by atoms with Gasteiger partial charge in [-0.05, 0) is 40.8 Å². The molecule has 0 radical (unpaired) electrons. The molecule has 6 N–H and O–H groups in total. The van der Waals surface area contributed by atoms with Crippen molar-refractivity contribution >= 4 is 23.3 Å². The van der Waals surface area contributed by atoms with Crippen molar-refractivity contribution in [3.8, 4) is 0 Å². The summed E-state index contributed by atoms with van der Waals surface area (Å²) in [5.41, 5.74) is 15.4. The van der Waals surface area contributed by atoms with Gasteiger partial charge in [0.15, 0.2) is 0 Å². The van der Waals surface area contributed by atoms with Gasteiger partial charge in [0.25, 0.3) is 0 Å². The first-order valence-corrected chi connectivity index (χ1v) is 7.03. The number of aliphatic carboxylic acids is 2. The van der Waals surface area contributed by atoms with E-state index in [-0.39, 0.29) is 12.8 Å². The van der Waals surface area contributed by atoms with Gasteiger partial charge < -0.3 is 21.7 Å². The van der Waals surface area contributed by atoms with E-state index in [0.29, 0.717) is 28.9 Å². The number of carboxylic acid groups (broad SMARTS) is 2. The summed E-state index contributed by atoms with van der Waals surface area (Å²) in [6, 6.07) is 10.5. The first kappa shape index (κ1) is 16.4. The molecule has 0 fully saturated rings. The van der Waals surface area contributed by atoms with E-state index in [1.54, 1.807) is 24.3 Å². The smallest absolute Gasteiger partial charge is 0.307 e. The van der Waals surface area contributed by atoms with Crippen LogP contribution in [0.2, 0.25) is 0 Å². The van der Waals surface area contributed by atoms with Crippen molar-refractivity contribution in [3.05, 3.63) is 58.7 Å². The first-order chi connectivity index (χ1) is 10.8. The Balaban J connectivity index is 2.25.